The minimum atomic E-state index is -0.891. The monoisotopic (exact) mass is 240 g/mol. The van der Waals surface area contributed by atoms with Gasteiger partial charge in [-0.1, -0.05) is 18.2 Å². The first-order valence-corrected chi connectivity index (χ1v) is 4.84. The Morgan fingerprint density at radius 3 is 1.35 bits per heavy atom. The molecule has 0 aliphatic heterocycles. The van der Waals surface area contributed by atoms with Crippen LogP contribution in [0.1, 0.15) is 20.8 Å². The minimum Gasteiger partial charge on any atom is -0.478 e. The van der Waals surface area contributed by atoms with Crippen LogP contribution in [0.25, 0.3) is 0 Å². The fraction of sp³-hybridized carbons (Fsp3) is 0.250. The van der Waals surface area contributed by atoms with Crippen LogP contribution in [0.3, 0.4) is 0 Å². The first-order valence-electron chi connectivity index (χ1n) is 4.84. The molecule has 0 heterocycles. The lowest BCUT2D eigenvalue weighted by Gasteiger charge is -1.91. The van der Waals surface area contributed by atoms with Crippen LogP contribution in [-0.4, -0.2) is 23.0 Å². The van der Waals surface area contributed by atoms with Crippen molar-refractivity contribution in [2.75, 3.05) is 0 Å². The SMILES string of the molecule is C/C=C/C(=O)O.C/C=C/C(=O)OC(=O)/C=C/C. The van der Waals surface area contributed by atoms with E-state index in [1.807, 2.05) is 0 Å². The molecule has 1 N–H and O–H groups in total. The molecule has 0 aromatic rings. The lowest BCUT2D eigenvalue weighted by atomic mass is 10.5. The number of esters is 2. The third kappa shape index (κ3) is 16.5. The molecule has 5 heteroatoms. The first kappa shape index (κ1) is 17.2. The van der Waals surface area contributed by atoms with Crippen LogP contribution >= 0.6 is 0 Å². The van der Waals surface area contributed by atoms with Gasteiger partial charge in [0.05, 0.1) is 0 Å². The fourth-order valence-corrected chi connectivity index (χ4v) is 0.582. The second-order valence-corrected chi connectivity index (χ2v) is 2.58. The van der Waals surface area contributed by atoms with Crippen LogP contribution in [0.15, 0.2) is 36.5 Å². The number of carbonyl (C=O) groups is 3. The lowest BCUT2D eigenvalue weighted by molar-refractivity contribution is -0.152. The minimum absolute atomic E-state index is 0.643. The van der Waals surface area contributed by atoms with Crippen LogP contribution in [0.4, 0.5) is 0 Å². The van der Waals surface area contributed by atoms with Gasteiger partial charge < -0.3 is 9.84 Å². The Hall–Kier alpha value is -2.17. The zero-order valence-corrected chi connectivity index (χ0v) is 10.0. The molecule has 0 bridgehead atoms. The van der Waals surface area contributed by atoms with Gasteiger partial charge in [0.2, 0.25) is 0 Å². The summed E-state index contributed by atoms with van der Waals surface area (Å²) >= 11 is 0. The van der Waals surface area contributed by atoms with E-state index in [1.54, 1.807) is 20.8 Å². The summed E-state index contributed by atoms with van der Waals surface area (Å²) in [5, 5.41) is 7.83. The number of carbonyl (C=O) groups excluding carboxylic acids is 2. The van der Waals surface area contributed by atoms with Crippen molar-refractivity contribution in [1.29, 1.82) is 0 Å². The zero-order chi connectivity index (χ0) is 13.7. The molecule has 0 radical (unpaired) electrons. The summed E-state index contributed by atoms with van der Waals surface area (Å²) in [6, 6.07) is 0. The van der Waals surface area contributed by atoms with E-state index in [9.17, 15) is 14.4 Å². The van der Waals surface area contributed by atoms with Gasteiger partial charge in [-0.25, -0.2) is 14.4 Å². The van der Waals surface area contributed by atoms with E-state index in [4.69, 9.17) is 5.11 Å². The molecule has 5 nitrogen and oxygen atoms in total. The molecule has 0 saturated heterocycles. The molecule has 0 aromatic heterocycles. The summed E-state index contributed by atoms with van der Waals surface area (Å²) in [7, 11) is 0. The van der Waals surface area contributed by atoms with Crippen molar-refractivity contribution >= 4 is 17.9 Å². The van der Waals surface area contributed by atoms with Crippen molar-refractivity contribution in [3.8, 4) is 0 Å². The molecule has 0 spiro atoms. The van der Waals surface area contributed by atoms with Crippen LogP contribution in [0, 0.1) is 0 Å². The average molecular weight is 240 g/mol. The molecule has 17 heavy (non-hydrogen) atoms. The van der Waals surface area contributed by atoms with E-state index in [2.05, 4.69) is 4.74 Å². The third-order valence-electron chi connectivity index (χ3n) is 1.12. The van der Waals surface area contributed by atoms with Crippen LogP contribution < -0.4 is 0 Å². The van der Waals surface area contributed by atoms with Gasteiger partial charge in [0.1, 0.15) is 0 Å². The van der Waals surface area contributed by atoms with Crippen molar-refractivity contribution in [1.82, 2.24) is 0 Å². The van der Waals surface area contributed by atoms with E-state index in [-0.39, 0.29) is 0 Å². The van der Waals surface area contributed by atoms with Gasteiger partial charge in [-0.2, -0.15) is 0 Å². The number of aliphatic carboxylic acids is 1. The Morgan fingerprint density at radius 1 is 0.824 bits per heavy atom. The van der Waals surface area contributed by atoms with Gasteiger partial charge in [-0.05, 0) is 20.8 Å². The number of carboxylic acid groups (broad SMARTS) is 1. The molecule has 0 saturated carbocycles. The Bertz CT molecular complexity index is 315. The maximum Gasteiger partial charge on any atom is 0.338 e. The topological polar surface area (TPSA) is 80.7 Å². The molecular weight excluding hydrogens is 224 g/mol. The highest BCUT2D eigenvalue weighted by Crippen LogP contribution is 1.84. The normalized spacial score (nSPS) is 10.3. The Balaban J connectivity index is 0. The number of ether oxygens (including phenoxy) is 1. The molecule has 0 atom stereocenters. The van der Waals surface area contributed by atoms with Crippen molar-refractivity contribution in [2.24, 2.45) is 0 Å². The Morgan fingerprint density at radius 2 is 1.18 bits per heavy atom. The lowest BCUT2D eigenvalue weighted by Crippen LogP contribution is -2.06. The molecule has 0 unspecified atom stereocenters. The van der Waals surface area contributed by atoms with E-state index >= 15 is 0 Å². The summed E-state index contributed by atoms with van der Waals surface area (Å²) in [4.78, 5) is 30.6. The van der Waals surface area contributed by atoms with Gasteiger partial charge in [0.15, 0.2) is 0 Å². The summed E-state index contributed by atoms with van der Waals surface area (Å²) in [6.07, 6.45) is 7.93. The number of carboxylic acids is 1. The second-order valence-electron chi connectivity index (χ2n) is 2.58. The number of rotatable bonds is 3. The van der Waals surface area contributed by atoms with Gasteiger partial charge in [0.25, 0.3) is 0 Å². The molecule has 94 valence electrons. The molecule has 0 fully saturated rings. The van der Waals surface area contributed by atoms with Crippen LogP contribution in [0.5, 0.6) is 0 Å². The Kier molecular flexibility index (Phi) is 12.1. The largest absolute Gasteiger partial charge is 0.478 e. The maximum absolute atomic E-state index is 10.6. The van der Waals surface area contributed by atoms with E-state index in [0.29, 0.717) is 0 Å². The van der Waals surface area contributed by atoms with Gasteiger partial charge in [-0.15, -0.1) is 0 Å². The Labute approximate surface area is 100 Å². The summed E-state index contributed by atoms with van der Waals surface area (Å²) < 4.78 is 4.28. The zero-order valence-electron chi connectivity index (χ0n) is 10.0. The summed E-state index contributed by atoms with van der Waals surface area (Å²) in [5.41, 5.74) is 0. The molecule has 0 amide bonds. The van der Waals surface area contributed by atoms with Crippen molar-refractivity contribution < 1.29 is 24.2 Å². The number of allylic oxidation sites excluding steroid dienone is 3. The maximum atomic E-state index is 10.6. The third-order valence-corrected chi connectivity index (χ3v) is 1.12. The molecule has 0 aliphatic rings. The van der Waals surface area contributed by atoms with E-state index in [1.165, 1.54) is 30.4 Å². The quantitative estimate of drug-likeness (QED) is 0.462. The van der Waals surface area contributed by atoms with Crippen molar-refractivity contribution in [2.45, 2.75) is 20.8 Å². The number of hydrogen-bond acceptors (Lipinski definition) is 4. The highest BCUT2D eigenvalue weighted by Gasteiger charge is 2.00. The van der Waals surface area contributed by atoms with Crippen molar-refractivity contribution in [3.63, 3.8) is 0 Å². The van der Waals surface area contributed by atoms with E-state index in [0.717, 1.165) is 6.08 Å². The fourth-order valence-electron chi connectivity index (χ4n) is 0.582. The number of hydrogen-bond donors (Lipinski definition) is 1. The predicted octanol–water partition coefficient (Wildman–Crippen LogP) is 1.86. The van der Waals surface area contributed by atoms with Crippen LogP contribution in [-0.2, 0) is 19.1 Å². The van der Waals surface area contributed by atoms with Crippen LogP contribution in [0.2, 0.25) is 0 Å². The molecular formula is C12H16O5. The second kappa shape index (κ2) is 11.9. The smallest absolute Gasteiger partial charge is 0.338 e. The molecule has 0 aromatic carbocycles. The van der Waals surface area contributed by atoms with Gasteiger partial charge >= 0.3 is 17.9 Å². The summed E-state index contributed by atoms with van der Waals surface area (Å²) in [5.74, 6) is -2.18. The van der Waals surface area contributed by atoms with Crippen molar-refractivity contribution in [3.05, 3.63) is 36.5 Å². The molecule has 0 rings (SSSR count). The van der Waals surface area contributed by atoms with Gasteiger partial charge in [-0.3, -0.25) is 0 Å². The predicted molar refractivity (Wildman–Crippen MR) is 63.2 cm³/mol. The van der Waals surface area contributed by atoms with E-state index < -0.39 is 17.9 Å². The van der Waals surface area contributed by atoms with Gasteiger partial charge in [0, 0.05) is 18.2 Å². The first-order chi connectivity index (χ1) is 7.97. The standard InChI is InChI=1S/C8H10O3.C4H6O2/c1-3-5-7(9)11-8(10)6-4-2;1-2-3-4(5)6/h3-6H,1-2H3;2-3H,1H3,(H,5,6)/b5-3+,6-4+;3-2+. The molecule has 0 aliphatic carbocycles. The highest BCUT2D eigenvalue weighted by atomic mass is 16.6. The highest BCUT2D eigenvalue weighted by molar-refractivity contribution is 5.96. The average Bonchev–Trinajstić information content (AvgIpc) is 2.18. The summed E-state index contributed by atoms with van der Waals surface area (Å²) in [6.45, 7) is 5.00.